The lowest BCUT2D eigenvalue weighted by atomic mass is 10.0. The van der Waals surface area contributed by atoms with Gasteiger partial charge >= 0.3 is 17.7 Å². The number of anilines is 1. The van der Waals surface area contributed by atoms with Crippen LogP contribution in [0, 0.1) is 0 Å². The summed E-state index contributed by atoms with van der Waals surface area (Å²) in [6, 6.07) is 8.69. The zero-order valence-electron chi connectivity index (χ0n) is 18.5. The quantitative estimate of drug-likeness (QED) is 0.414. The van der Waals surface area contributed by atoms with Gasteiger partial charge in [0.15, 0.2) is 0 Å². The zero-order valence-corrected chi connectivity index (χ0v) is 19.3. The molecule has 0 fully saturated rings. The molecule has 0 saturated carbocycles. The van der Waals surface area contributed by atoms with E-state index in [0.29, 0.717) is 33.5 Å². The Balaban J connectivity index is 1.61. The first-order chi connectivity index (χ1) is 17.0. The molecule has 178 valence electrons. The van der Waals surface area contributed by atoms with Crippen molar-refractivity contribution in [2.24, 2.45) is 0 Å². The van der Waals surface area contributed by atoms with Crippen molar-refractivity contribution in [2.45, 2.75) is 25.7 Å². The Hall–Kier alpha value is -4.39. The number of carboxylic acid groups (broad SMARTS) is 1. The maximum atomic E-state index is 13.7. The molecule has 1 aliphatic carbocycles. The Morgan fingerprint density at radius 2 is 2.00 bits per heavy atom. The van der Waals surface area contributed by atoms with Crippen molar-refractivity contribution in [3.8, 4) is 11.4 Å². The normalized spacial score (nSPS) is 13.5. The van der Waals surface area contributed by atoms with Gasteiger partial charge in [0, 0.05) is 5.70 Å². The van der Waals surface area contributed by atoms with Crippen molar-refractivity contribution in [3.05, 3.63) is 64.2 Å². The predicted molar refractivity (Wildman–Crippen MR) is 126 cm³/mol. The number of allylic oxidation sites excluding steroid dienone is 2. The van der Waals surface area contributed by atoms with Gasteiger partial charge in [-0.3, -0.25) is 4.90 Å². The van der Waals surface area contributed by atoms with Gasteiger partial charge in [-0.2, -0.15) is 13.4 Å². The summed E-state index contributed by atoms with van der Waals surface area (Å²) in [5.74, 6) is -1.05. The van der Waals surface area contributed by atoms with Gasteiger partial charge in [-0.25, -0.2) is 14.4 Å². The summed E-state index contributed by atoms with van der Waals surface area (Å²) in [4.78, 5) is 40.0. The summed E-state index contributed by atoms with van der Waals surface area (Å²) in [6.07, 6.45) is 5.05. The first kappa shape index (κ1) is 22.4. The molecule has 35 heavy (non-hydrogen) atoms. The van der Waals surface area contributed by atoms with Gasteiger partial charge in [0.2, 0.25) is 0 Å². The lowest BCUT2D eigenvalue weighted by molar-refractivity contribution is 0.0693. The molecule has 0 aliphatic heterocycles. The highest BCUT2D eigenvalue weighted by atomic mass is 32.1. The number of ether oxygens (including phenoxy) is 1. The van der Waals surface area contributed by atoms with Gasteiger partial charge in [0.25, 0.3) is 0 Å². The van der Waals surface area contributed by atoms with Crippen molar-refractivity contribution >= 4 is 40.4 Å². The van der Waals surface area contributed by atoms with Crippen LogP contribution in [0.1, 0.15) is 36.0 Å². The number of aromatic nitrogens is 6. The summed E-state index contributed by atoms with van der Waals surface area (Å²) < 4.78 is 15.2. The summed E-state index contributed by atoms with van der Waals surface area (Å²) in [7, 11) is 1.37. The minimum atomic E-state index is -1.21. The molecule has 0 spiro atoms. The maximum Gasteiger partial charge on any atom is 0.377 e. The molecule has 13 heteroatoms. The van der Waals surface area contributed by atoms with Gasteiger partial charge in [-0.1, -0.05) is 12.1 Å². The number of carbonyl (C=O) groups is 2. The van der Waals surface area contributed by atoms with Gasteiger partial charge in [-0.15, -0.1) is 4.68 Å². The van der Waals surface area contributed by atoms with E-state index in [2.05, 4.69) is 19.2 Å². The summed E-state index contributed by atoms with van der Waals surface area (Å²) in [6.45, 7) is 0. The number of aromatic carboxylic acids is 1. The van der Waals surface area contributed by atoms with Crippen LogP contribution in [0.5, 0.6) is 5.75 Å². The third-order valence-electron chi connectivity index (χ3n) is 5.67. The summed E-state index contributed by atoms with van der Waals surface area (Å²) in [5, 5.41) is 17.4. The number of hydrogen-bond acceptors (Lipinski definition) is 9. The molecule has 2 heterocycles. The molecule has 12 nitrogen and oxygen atoms in total. The fourth-order valence-electron chi connectivity index (χ4n) is 4.00. The molecule has 2 aromatic carbocycles. The number of fused-ring (bicyclic) bond motifs is 1. The molecular weight excluding hydrogens is 474 g/mol. The van der Waals surface area contributed by atoms with Crippen molar-refractivity contribution in [1.29, 1.82) is 0 Å². The molecule has 1 amide bonds. The number of nitrogens with zero attached hydrogens (tertiary/aromatic N) is 7. The molecule has 0 radical (unpaired) electrons. The van der Waals surface area contributed by atoms with Crippen LogP contribution in [0.25, 0.3) is 16.7 Å². The largest absolute Gasteiger partial charge is 0.496 e. The van der Waals surface area contributed by atoms with E-state index < -0.39 is 17.7 Å². The molecule has 0 bridgehead atoms. The molecule has 2 aromatic heterocycles. The second-order valence-corrected chi connectivity index (χ2v) is 8.27. The monoisotopic (exact) mass is 493 g/mol. The number of carbonyl (C=O) groups excluding carboxylic acids is 1. The lowest BCUT2D eigenvalue weighted by Crippen LogP contribution is -2.41. The topological polar surface area (TPSA) is 145 Å². The Labute approximate surface area is 202 Å². The van der Waals surface area contributed by atoms with Crippen molar-refractivity contribution in [2.75, 3.05) is 12.0 Å². The Bertz CT molecular complexity index is 1540. The fourth-order valence-corrected chi connectivity index (χ4v) is 4.55. The molecular formula is C22H19N7O5S. The van der Waals surface area contributed by atoms with Gasteiger partial charge in [-0.05, 0) is 66.4 Å². The third-order valence-corrected chi connectivity index (χ3v) is 6.22. The Kier molecular flexibility index (Phi) is 5.82. The van der Waals surface area contributed by atoms with Crippen LogP contribution in [0.4, 0.5) is 10.5 Å². The number of rotatable bonds is 5. The van der Waals surface area contributed by atoms with E-state index in [4.69, 9.17) is 4.74 Å². The van der Waals surface area contributed by atoms with E-state index in [0.717, 1.165) is 35.7 Å². The Morgan fingerprint density at radius 3 is 2.74 bits per heavy atom. The highest BCUT2D eigenvalue weighted by Gasteiger charge is 2.28. The van der Waals surface area contributed by atoms with E-state index in [1.165, 1.54) is 24.1 Å². The van der Waals surface area contributed by atoms with Crippen molar-refractivity contribution < 1.29 is 19.4 Å². The van der Waals surface area contributed by atoms with Crippen LogP contribution in [0.15, 0.2) is 53.0 Å². The van der Waals surface area contributed by atoms with Crippen LogP contribution in [-0.2, 0) is 0 Å². The number of hydrogen-bond donors (Lipinski definition) is 1. The van der Waals surface area contributed by atoms with Gasteiger partial charge < -0.3 is 9.84 Å². The highest BCUT2D eigenvalue weighted by molar-refractivity contribution is 7.00. The molecule has 0 unspecified atom stereocenters. The van der Waals surface area contributed by atoms with Crippen LogP contribution in [0.3, 0.4) is 0 Å². The highest BCUT2D eigenvalue weighted by Crippen LogP contribution is 2.31. The maximum absolute atomic E-state index is 13.7. The van der Waals surface area contributed by atoms with Gasteiger partial charge in [0.05, 0.1) is 24.5 Å². The number of tetrazole rings is 1. The van der Waals surface area contributed by atoms with E-state index >= 15 is 0 Å². The minimum Gasteiger partial charge on any atom is -0.496 e. The number of carboxylic acids is 1. The first-order valence-corrected chi connectivity index (χ1v) is 11.4. The van der Waals surface area contributed by atoms with Crippen LogP contribution < -0.4 is 15.3 Å². The lowest BCUT2D eigenvalue weighted by Gasteiger charge is -2.27. The third kappa shape index (κ3) is 3.95. The average Bonchev–Trinajstić information content (AvgIpc) is 3.51. The second-order valence-electron chi connectivity index (χ2n) is 7.74. The SMILES string of the molecule is COc1ccc(N(C(=O)n2nnn(-c3cccc4nsnc34)c2=O)C2=CCCCC2)cc1C(=O)O. The first-order valence-electron chi connectivity index (χ1n) is 10.7. The van der Waals surface area contributed by atoms with Crippen molar-refractivity contribution in [3.63, 3.8) is 0 Å². The van der Waals surface area contributed by atoms with Crippen LogP contribution in [-0.4, -0.2) is 52.8 Å². The molecule has 5 rings (SSSR count). The van der Waals surface area contributed by atoms with E-state index in [1.807, 2.05) is 6.08 Å². The molecule has 1 aliphatic rings. The average molecular weight is 494 g/mol. The van der Waals surface area contributed by atoms with Crippen molar-refractivity contribution in [1.82, 2.24) is 28.5 Å². The van der Waals surface area contributed by atoms with Crippen LogP contribution >= 0.6 is 11.7 Å². The standard InChI is InChI=1S/C22H19N7O5S/c1-34-18-11-10-14(12-15(18)20(30)31)27(13-6-3-2-4-7-13)21(32)29-22(33)28(25-26-29)17-9-5-8-16-19(17)24-35-23-16/h5-6,8-12H,2-4,7H2,1H3,(H,30,31). The van der Waals surface area contributed by atoms with E-state index in [1.54, 1.807) is 24.3 Å². The van der Waals surface area contributed by atoms with Gasteiger partial charge in [0.1, 0.15) is 28.0 Å². The molecule has 1 N–H and O–H groups in total. The Morgan fingerprint density at radius 1 is 1.14 bits per heavy atom. The molecule has 0 saturated heterocycles. The van der Waals surface area contributed by atoms with Crippen LogP contribution in [0.2, 0.25) is 0 Å². The summed E-state index contributed by atoms with van der Waals surface area (Å²) >= 11 is 0.997. The number of amides is 1. The fraction of sp³-hybridized carbons (Fsp3) is 0.227. The second kappa shape index (κ2) is 9.10. The molecule has 0 atom stereocenters. The number of methoxy groups -OCH3 is 1. The smallest absolute Gasteiger partial charge is 0.377 e. The zero-order chi connectivity index (χ0) is 24.5. The van der Waals surface area contributed by atoms with E-state index in [9.17, 15) is 19.5 Å². The van der Waals surface area contributed by atoms with E-state index in [-0.39, 0.29) is 17.0 Å². The predicted octanol–water partition coefficient (Wildman–Crippen LogP) is 3.07. The minimum absolute atomic E-state index is 0.113. The number of benzene rings is 2. The summed E-state index contributed by atoms with van der Waals surface area (Å²) in [5.41, 5.74) is 1.42. The molecule has 4 aromatic rings.